The lowest BCUT2D eigenvalue weighted by molar-refractivity contribution is -0.137. The van der Waals surface area contributed by atoms with Crippen LogP contribution in [0.25, 0.3) is 0 Å². The quantitative estimate of drug-likeness (QED) is 0.268. The molecule has 0 radical (unpaired) electrons. The molecular weight excluding hydrogens is 484 g/mol. The summed E-state index contributed by atoms with van der Waals surface area (Å²) < 4.78 is 33.6. The molecule has 0 spiro atoms. The van der Waals surface area contributed by atoms with E-state index >= 15 is 0 Å². The van der Waals surface area contributed by atoms with Crippen molar-refractivity contribution in [3.63, 3.8) is 0 Å². The zero-order chi connectivity index (χ0) is 24.2. The minimum Gasteiger partial charge on any atom is -0.468 e. The predicted octanol–water partition coefficient (Wildman–Crippen LogP) is 3.78. The van der Waals surface area contributed by atoms with Gasteiger partial charge >= 0.3 is 5.97 Å². The zero-order valence-corrected chi connectivity index (χ0v) is 20.8. The van der Waals surface area contributed by atoms with E-state index in [1.165, 1.54) is 19.2 Å². The number of aryl methyl sites for hydroxylation is 3. The molecule has 2 aromatic carbocycles. The second kappa shape index (κ2) is 10.3. The fourth-order valence-corrected chi connectivity index (χ4v) is 5.61. The minimum atomic E-state index is -3.92. The van der Waals surface area contributed by atoms with Crippen molar-refractivity contribution in [2.75, 3.05) is 22.9 Å². The van der Waals surface area contributed by atoms with Crippen LogP contribution in [0.1, 0.15) is 27.0 Å². The molecule has 1 heterocycles. The highest BCUT2D eigenvalue weighted by Crippen LogP contribution is 2.27. The number of thioether (sulfide) groups is 1. The third-order valence-corrected chi connectivity index (χ3v) is 8.14. The maximum atomic E-state index is 13.0. The molecule has 2 N–H and O–H groups in total. The lowest BCUT2D eigenvalue weighted by atomic mass is 10.1. The molecule has 0 aliphatic carbocycles. The Kier molecular flexibility index (Phi) is 7.72. The highest BCUT2D eigenvalue weighted by atomic mass is 32.2. The number of aromatic nitrogens is 2. The Labute approximate surface area is 200 Å². The topological polar surface area (TPSA) is 127 Å². The minimum absolute atomic E-state index is 0.0000329. The lowest BCUT2D eigenvalue weighted by Gasteiger charge is -2.13. The van der Waals surface area contributed by atoms with Crippen molar-refractivity contribution in [3.05, 3.63) is 58.7 Å². The average Bonchev–Trinajstić information content (AvgIpc) is 3.21. The molecule has 12 heteroatoms. The van der Waals surface area contributed by atoms with Gasteiger partial charge in [0.15, 0.2) is 4.34 Å². The molecule has 0 fully saturated rings. The maximum Gasteiger partial charge on any atom is 0.316 e. The molecule has 174 valence electrons. The van der Waals surface area contributed by atoms with Gasteiger partial charge in [0, 0.05) is 11.3 Å². The number of methoxy groups -OCH3 is 1. The van der Waals surface area contributed by atoms with Crippen LogP contribution >= 0.6 is 23.1 Å². The monoisotopic (exact) mass is 506 g/mol. The van der Waals surface area contributed by atoms with E-state index < -0.39 is 21.9 Å². The lowest BCUT2D eigenvalue weighted by Crippen LogP contribution is -2.17. The number of amides is 1. The van der Waals surface area contributed by atoms with E-state index in [0.29, 0.717) is 15.6 Å². The number of nitrogens with zero attached hydrogens (tertiary/aromatic N) is 2. The van der Waals surface area contributed by atoms with Crippen molar-refractivity contribution in [1.82, 2.24) is 10.2 Å². The van der Waals surface area contributed by atoms with E-state index in [1.54, 1.807) is 25.1 Å². The van der Waals surface area contributed by atoms with E-state index in [1.807, 2.05) is 19.9 Å². The van der Waals surface area contributed by atoms with E-state index in [2.05, 4.69) is 25.0 Å². The van der Waals surface area contributed by atoms with Gasteiger partial charge in [-0.25, -0.2) is 8.42 Å². The summed E-state index contributed by atoms with van der Waals surface area (Å²) in [6, 6.07) is 9.71. The molecule has 3 rings (SSSR count). The number of nitrogens with one attached hydrogen (secondary N) is 2. The number of anilines is 2. The van der Waals surface area contributed by atoms with Crippen LogP contribution < -0.4 is 10.0 Å². The number of sulfonamides is 1. The molecule has 3 aromatic rings. The Morgan fingerprint density at radius 2 is 1.76 bits per heavy atom. The van der Waals surface area contributed by atoms with Gasteiger partial charge in [0.2, 0.25) is 5.13 Å². The molecule has 0 saturated heterocycles. The van der Waals surface area contributed by atoms with Crippen LogP contribution in [-0.2, 0) is 19.6 Å². The van der Waals surface area contributed by atoms with Crippen molar-refractivity contribution in [1.29, 1.82) is 0 Å². The molecule has 0 saturated carbocycles. The predicted molar refractivity (Wildman–Crippen MR) is 129 cm³/mol. The summed E-state index contributed by atoms with van der Waals surface area (Å²) in [5.41, 5.74) is 3.11. The summed E-state index contributed by atoms with van der Waals surface area (Å²) in [6.45, 7) is 5.50. The van der Waals surface area contributed by atoms with Gasteiger partial charge in [-0.3, -0.25) is 19.6 Å². The number of carbonyl (C=O) groups excluding carboxylic acids is 2. The number of carbonyl (C=O) groups is 2. The normalized spacial score (nSPS) is 11.2. The fourth-order valence-electron chi connectivity index (χ4n) is 2.71. The SMILES string of the molecule is COC(=O)CSc1nnc(NC(=O)c2ccc(C)c(S(=O)(=O)Nc3ccc(C)c(C)c3)c2)s1. The zero-order valence-electron chi connectivity index (χ0n) is 18.3. The van der Waals surface area contributed by atoms with Gasteiger partial charge in [-0.1, -0.05) is 35.2 Å². The maximum absolute atomic E-state index is 13.0. The second-order valence-electron chi connectivity index (χ2n) is 7.08. The van der Waals surface area contributed by atoms with Crippen molar-refractivity contribution < 1.29 is 22.7 Å². The van der Waals surface area contributed by atoms with Crippen molar-refractivity contribution in [2.24, 2.45) is 0 Å². The smallest absolute Gasteiger partial charge is 0.316 e. The highest BCUT2D eigenvalue weighted by molar-refractivity contribution is 8.01. The Bertz CT molecular complexity index is 1300. The molecule has 0 aliphatic heterocycles. The number of esters is 1. The molecular formula is C21H22N4O5S3. The third kappa shape index (κ3) is 6.30. The van der Waals surface area contributed by atoms with Gasteiger partial charge in [0.1, 0.15) is 0 Å². The summed E-state index contributed by atoms with van der Waals surface area (Å²) in [4.78, 5) is 23.9. The molecule has 0 aliphatic rings. The van der Waals surface area contributed by atoms with Crippen LogP contribution in [0.5, 0.6) is 0 Å². The number of hydrogen-bond acceptors (Lipinski definition) is 9. The molecule has 1 amide bonds. The highest BCUT2D eigenvalue weighted by Gasteiger charge is 2.20. The van der Waals surface area contributed by atoms with Gasteiger partial charge in [-0.05, 0) is 61.7 Å². The van der Waals surface area contributed by atoms with Crippen LogP contribution in [0, 0.1) is 20.8 Å². The fraction of sp³-hybridized carbons (Fsp3) is 0.238. The van der Waals surface area contributed by atoms with Gasteiger partial charge in [-0.15, -0.1) is 10.2 Å². The van der Waals surface area contributed by atoms with Crippen molar-refractivity contribution >= 4 is 55.8 Å². The Morgan fingerprint density at radius 3 is 2.45 bits per heavy atom. The van der Waals surface area contributed by atoms with E-state index in [9.17, 15) is 18.0 Å². The summed E-state index contributed by atoms with van der Waals surface area (Å²) in [7, 11) is -2.63. The molecule has 0 atom stereocenters. The van der Waals surface area contributed by atoms with Crippen LogP contribution in [0.2, 0.25) is 0 Å². The number of benzene rings is 2. The Morgan fingerprint density at radius 1 is 1.03 bits per heavy atom. The standard InChI is InChI=1S/C21H22N4O5S3/c1-12-6-8-16(9-14(12)3)25-33(28,29)17-10-15(7-5-13(17)2)19(27)22-20-23-24-21(32-20)31-11-18(26)30-4/h5-10,25H,11H2,1-4H3,(H,22,23,27). The van der Waals surface area contributed by atoms with Crippen LogP contribution in [0.3, 0.4) is 0 Å². The molecule has 0 bridgehead atoms. The molecule has 0 unspecified atom stereocenters. The van der Waals surface area contributed by atoms with Gasteiger partial charge in [0.25, 0.3) is 15.9 Å². The van der Waals surface area contributed by atoms with Crippen LogP contribution in [-0.4, -0.2) is 43.4 Å². The van der Waals surface area contributed by atoms with Crippen LogP contribution in [0.4, 0.5) is 10.8 Å². The number of rotatable bonds is 8. The molecule has 1 aromatic heterocycles. The first kappa shape index (κ1) is 24.7. The van der Waals surface area contributed by atoms with Crippen molar-refractivity contribution in [3.8, 4) is 0 Å². The first-order valence-corrected chi connectivity index (χ1v) is 12.9. The average molecular weight is 507 g/mol. The summed E-state index contributed by atoms with van der Waals surface area (Å²) in [5, 5.41) is 10.6. The number of hydrogen-bond donors (Lipinski definition) is 2. The van der Waals surface area contributed by atoms with Crippen LogP contribution in [0.15, 0.2) is 45.6 Å². The van der Waals surface area contributed by atoms with Crippen molar-refractivity contribution in [2.45, 2.75) is 30.0 Å². The number of ether oxygens (including phenoxy) is 1. The Balaban J connectivity index is 1.76. The van der Waals surface area contributed by atoms with E-state index in [4.69, 9.17) is 0 Å². The van der Waals surface area contributed by atoms with Gasteiger partial charge in [-0.2, -0.15) is 0 Å². The largest absolute Gasteiger partial charge is 0.468 e. The molecule has 33 heavy (non-hydrogen) atoms. The summed E-state index contributed by atoms with van der Waals surface area (Å²) in [5.74, 6) is -0.854. The summed E-state index contributed by atoms with van der Waals surface area (Å²) in [6.07, 6.45) is 0. The first-order valence-electron chi connectivity index (χ1n) is 9.64. The first-order chi connectivity index (χ1) is 15.6. The second-order valence-corrected chi connectivity index (χ2v) is 10.9. The van der Waals surface area contributed by atoms with Gasteiger partial charge < -0.3 is 4.74 Å². The van der Waals surface area contributed by atoms with E-state index in [-0.39, 0.29) is 21.3 Å². The van der Waals surface area contributed by atoms with Gasteiger partial charge in [0.05, 0.1) is 17.8 Å². The van der Waals surface area contributed by atoms with E-state index in [0.717, 1.165) is 34.2 Å². The third-order valence-electron chi connectivity index (χ3n) is 4.67. The Hall–Kier alpha value is -2.96. The summed E-state index contributed by atoms with van der Waals surface area (Å²) >= 11 is 2.23. The molecule has 9 nitrogen and oxygen atoms in total.